The Morgan fingerprint density at radius 3 is 2.70 bits per heavy atom. The number of rotatable bonds is 3. The van der Waals surface area contributed by atoms with E-state index in [2.05, 4.69) is 5.10 Å². The molecule has 1 fully saturated rings. The van der Waals surface area contributed by atoms with E-state index in [-0.39, 0.29) is 18.2 Å². The van der Waals surface area contributed by atoms with Crippen molar-refractivity contribution in [2.24, 2.45) is 7.05 Å². The second kappa shape index (κ2) is 7.32. The molecule has 1 saturated heterocycles. The summed E-state index contributed by atoms with van der Waals surface area (Å²) in [5, 5.41) is 5.04. The van der Waals surface area contributed by atoms with Crippen LogP contribution in [0.1, 0.15) is 27.3 Å². The van der Waals surface area contributed by atoms with Gasteiger partial charge in [-0.15, -0.1) is 0 Å². The number of halogens is 1. The minimum atomic E-state index is -0.0840. The van der Waals surface area contributed by atoms with Gasteiger partial charge in [-0.25, -0.2) is 0 Å². The average Bonchev–Trinajstić information content (AvgIpc) is 3.23. The fraction of sp³-hybridized carbons (Fsp3) is 0.421. The van der Waals surface area contributed by atoms with Crippen LogP contribution in [0.15, 0.2) is 24.3 Å². The van der Waals surface area contributed by atoms with Crippen molar-refractivity contribution in [1.82, 2.24) is 19.6 Å². The summed E-state index contributed by atoms with van der Waals surface area (Å²) in [4.78, 5) is 29.1. The molecule has 0 radical (unpaired) electrons. The van der Waals surface area contributed by atoms with Crippen molar-refractivity contribution in [3.8, 4) is 0 Å². The van der Waals surface area contributed by atoms with Gasteiger partial charge in [-0.3, -0.25) is 14.3 Å². The molecule has 2 aromatic rings. The summed E-state index contributed by atoms with van der Waals surface area (Å²) >= 11 is 6.01. The third-order valence-electron chi connectivity index (χ3n) is 5.06. The Kier molecular flexibility index (Phi) is 4.88. The molecule has 27 heavy (non-hydrogen) atoms. The van der Waals surface area contributed by atoms with Gasteiger partial charge in [-0.2, -0.15) is 5.10 Å². The number of fused-ring (bicyclic) bond motifs is 1. The molecule has 2 amide bonds. The highest BCUT2D eigenvalue weighted by Gasteiger charge is 2.33. The average molecular weight is 389 g/mol. The summed E-state index contributed by atoms with van der Waals surface area (Å²) in [6.07, 6.45) is 0.286. The number of carbonyl (C=O) groups excluding carboxylic acids is 2. The lowest BCUT2D eigenvalue weighted by atomic mass is 10.1. The zero-order valence-electron chi connectivity index (χ0n) is 15.2. The number of carbonyl (C=O) groups is 2. The van der Waals surface area contributed by atoms with Gasteiger partial charge in [0.05, 0.1) is 38.4 Å². The van der Waals surface area contributed by atoms with Gasteiger partial charge in [0.1, 0.15) is 0 Å². The molecule has 0 bridgehead atoms. The molecule has 4 rings (SSSR count). The lowest BCUT2D eigenvalue weighted by Crippen LogP contribution is -2.41. The molecule has 8 heteroatoms. The third-order valence-corrected chi connectivity index (χ3v) is 5.30. The van der Waals surface area contributed by atoms with Gasteiger partial charge < -0.3 is 14.5 Å². The van der Waals surface area contributed by atoms with E-state index in [9.17, 15) is 9.59 Å². The Balaban J connectivity index is 1.50. The van der Waals surface area contributed by atoms with Gasteiger partial charge in [0.2, 0.25) is 5.91 Å². The summed E-state index contributed by atoms with van der Waals surface area (Å²) in [7, 11) is 1.82. The summed E-state index contributed by atoms with van der Waals surface area (Å²) < 4.78 is 7.03. The summed E-state index contributed by atoms with van der Waals surface area (Å²) in [5.74, 6) is -0.0717. The number of aromatic nitrogens is 2. The SMILES string of the molecule is Cn1nc(C(=O)N2CCOCC2)c2c1CN(C(=O)Cc1cccc(Cl)c1)C2. The van der Waals surface area contributed by atoms with Crippen molar-refractivity contribution < 1.29 is 14.3 Å². The molecule has 0 N–H and O–H groups in total. The molecule has 1 aromatic carbocycles. The normalized spacial score (nSPS) is 16.5. The maximum atomic E-state index is 12.9. The van der Waals surface area contributed by atoms with E-state index in [0.29, 0.717) is 50.1 Å². The van der Waals surface area contributed by atoms with Crippen LogP contribution in [-0.2, 0) is 36.1 Å². The molecular weight excluding hydrogens is 368 g/mol. The molecule has 142 valence electrons. The monoisotopic (exact) mass is 388 g/mol. The lowest BCUT2D eigenvalue weighted by Gasteiger charge is -2.26. The van der Waals surface area contributed by atoms with Crippen LogP contribution in [0.2, 0.25) is 5.02 Å². The number of amides is 2. The number of ether oxygens (including phenoxy) is 1. The van der Waals surface area contributed by atoms with E-state index in [4.69, 9.17) is 16.3 Å². The first-order chi connectivity index (χ1) is 13.0. The van der Waals surface area contributed by atoms with Gasteiger partial charge in [-0.1, -0.05) is 23.7 Å². The topological polar surface area (TPSA) is 67.7 Å². The maximum Gasteiger partial charge on any atom is 0.274 e. The Morgan fingerprint density at radius 2 is 1.96 bits per heavy atom. The first kappa shape index (κ1) is 18.0. The van der Waals surface area contributed by atoms with Crippen molar-refractivity contribution in [2.45, 2.75) is 19.5 Å². The van der Waals surface area contributed by atoms with Gasteiger partial charge in [0.15, 0.2) is 5.69 Å². The van der Waals surface area contributed by atoms with Crippen LogP contribution < -0.4 is 0 Å². The molecule has 2 aliphatic rings. The highest BCUT2D eigenvalue weighted by molar-refractivity contribution is 6.30. The third kappa shape index (κ3) is 3.57. The van der Waals surface area contributed by atoms with Crippen LogP contribution in [0.5, 0.6) is 0 Å². The fourth-order valence-electron chi connectivity index (χ4n) is 3.59. The summed E-state index contributed by atoms with van der Waals surface area (Å²) in [6.45, 7) is 3.11. The quantitative estimate of drug-likeness (QED) is 0.801. The molecule has 2 aliphatic heterocycles. The van der Waals surface area contributed by atoms with Crippen LogP contribution >= 0.6 is 11.6 Å². The van der Waals surface area contributed by atoms with Crippen LogP contribution in [0.4, 0.5) is 0 Å². The summed E-state index contributed by atoms with van der Waals surface area (Å²) in [5.41, 5.74) is 3.11. The smallest absolute Gasteiger partial charge is 0.274 e. The summed E-state index contributed by atoms with van der Waals surface area (Å²) in [6, 6.07) is 7.32. The Bertz CT molecular complexity index is 889. The van der Waals surface area contributed by atoms with Crippen molar-refractivity contribution in [2.75, 3.05) is 26.3 Å². The molecule has 3 heterocycles. The predicted molar refractivity (Wildman–Crippen MR) is 99.3 cm³/mol. The first-order valence-corrected chi connectivity index (χ1v) is 9.34. The standard InChI is InChI=1S/C19H21ClN4O3/c1-22-16-12-24(17(25)10-13-3-2-4-14(20)9-13)11-15(16)18(21-22)19(26)23-5-7-27-8-6-23/h2-4,9H,5-8,10-12H2,1H3. The lowest BCUT2D eigenvalue weighted by molar-refractivity contribution is -0.131. The van der Waals surface area contributed by atoms with Gasteiger partial charge in [-0.05, 0) is 17.7 Å². The van der Waals surface area contributed by atoms with Gasteiger partial charge in [0.25, 0.3) is 5.91 Å². The molecular formula is C19H21ClN4O3. The maximum absolute atomic E-state index is 12.9. The van der Waals surface area contributed by atoms with Crippen LogP contribution in [0, 0.1) is 0 Å². The first-order valence-electron chi connectivity index (χ1n) is 8.97. The van der Waals surface area contributed by atoms with Crippen LogP contribution in [-0.4, -0.2) is 57.7 Å². The highest BCUT2D eigenvalue weighted by atomic mass is 35.5. The zero-order chi connectivity index (χ0) is 19.0. The number of hydrogen-bond acceptors (Lipinski definition) is 4. The highest BCUT2D eigenvalue weighted by Crippen LogP contribution is 2.27. The van der Waals surface area contributed by atoms with E-state index in [1.165, 1.54) is 0 Å². The van der Waals surface area contributed by atoms with Crippen LogP contribution in [0.3, 0.4) is 0 Å². The predicted octanol–water partition coefficient (Wildman–Crippen LogP) is 1.63. The molecule has 0 atom stereocenters. The number of aryl methyl sites for hydroxylation is 1. The Morgan fingerprint density at radius 1 is 1.19 bits per heavy atom. The second-order valence-corrected chi connectivity index (χ2v) is 7.29. The number of nitrogens with zero attached hydrogens (tertiary/aromatic N) is 4. The van der Waals surface area contributed by atoms with Gasteiger partial charge in [0, 0.05) is 30.7 Å². The Labute approximate surface area is 162 Å². The minimum absolute atomic E-state index is 0.0123. The van der Waals surface area contributed by atoms with Crippen LogP contribution in [0.25, 0.3) is 0 Å². The van der Waals surface area contributed by atoms with Crippen molar-refractivity contribution >= 4 is 23.4 Å². The van der Waals surface area contributed by atoms with Crippen molar-refractivity contribution in [1.29, 1.82) is 0 Å². The van der Waals surface area contributed by atoms with E-state index in [0.717, 1.165) is 16.8 Å². The van der Waals surface area contributed by atoms with Gasteiger partial charge >= 0.3 is 0 Å². The number of hydrogen-bond donors (Lipinski definition) is 0. The largest absolute Gasteiger partial charge is 0.378 e. The van der Waals surface area contributed by atoms with E-state index < -0.39 is 0 Å². The fourth-order valence-corrected chi connectivity index (χ4v) is 3.80. The number of morpholine rings is 1. The molecule has 7 nitrogen and oxygen atoms in total. The van der Waals surface area contributed by atoms with E-state index >= 15 is 0 Å². The second-order valence-electron chi connectivity index (χ2n) is 6.86. The molecule has 0 aliphatic carbocycles. The van der Waals surface area contributed by atoms with Crippen molar-refractivity contribution in [3.05, 3.63) is 51.8 Å². The zero-order valence-corrected chi connectivity index (χ0v) is 15.9. The minimum Gasteiger partial charge on any atom is -0.378 e. The Hall–Kier alpha value is -2.38. The van der Waals surface area contributed by atoms with Crippen molar-refractivity contribution in [3.63, 3.8) is 0 Å². The van der Waals surface area contributed by atoms with E-state index in [1.54, 1.807) is 26.6 Å². The molecule has 1 aromatic heterocycles. The molecule has 0 saturated carbocycles. The molecule has 0 unspecified atom stereocenters. The number of benzene rings is 1. The van der Waals surface area contributed by atoms with E-state index in [1.807, 2.05) is 19.2 Å². The molecule has 0 spiro atoms.